The fourth-order valence-electron chi connectivity index (χ4n) is 4.85. The molecule has 1 aliphatic rings. The summed E-state index contributed by atoms with van der Waals surface area (Å²) >= 11 is 1.16. The first-order chi connectivity index (χ1) is 21.6. The second-order valence-electron chi connectivity index (χ2n) is 10.3. The van der Waals surface area contributed by atoms with Crippen LogP contribution in [0.5, 0.6) is 0 Å². The monoisotopic (exact) mass is 644 g/mol. The predicted octanol–water partition coefficient (Wildman–Crippen LogP) is 3.62. The number of esters is 1. The van der Waals surface area contributed by atoms with E-state index in [9.17, 15) is 23.2 Å². The van der Waals surface area contributed by atoms with Gasteiger partial charge in [0.25, 0.3) is 5.91 Å². The van der Waals surface area contributed by atoms with Crippen LogP contribution < -0.4 is 11.1 Å². The molecule has 5 rings (SSSR count). The number of nitrogens with one attached hydrogen (secondary N) is 1. The van der Waals surface area contributed by atoms with Crippen LogP contribution in [0.2, 0.25) is 0 Å². The molecule has 0 aliphatic heterocycles. The second kappa shape index (κ2) is 14.0. The highest BCUT2D eigenvalue weighted by atomic mass is 32.1. The summed E-state index contributed by atoms with van der Waals surface area (Å²) in [5.41, 5.74) is 5.73. The number of hydrogen-bond acceptors (Lipinski definition) is 11. The van der Waals surface area contributed by atoms with Crippen molar-refractivity contribution in [3.05, 3.63) is 53.6 Å². The van der Waals surface area contributed by atoms with E-state index in [1.807, 2.05) is 6.92 Å². The molecule has 0 unspecified atom stereocenters. The van der Waals surface area contributed by atoms with Crippen molar-refractivity contribution >= 4 is 34.9 Å². The first kappa shape index (κ1) is 31.8. The molecule has 1 amide bonds. The molecule has 4 N–H and O–H groups in total. The van der Waals surface area contributed by atoms with Crippen LogP contribution in [0.1, 0.15) is 55.6 Å². The summed E-state index contributed by atoms with van der Waals surface area (Å²) < 4.78 is 42.5. The van der Waals surface area contributed by atoms with Crippen LogP contribution in [-0.4, -0.2) is 71.2 Å². The summed E-state index contributed by atoms with van der Waals surface area (Å²) in [5, 5.41) is 22.1. The summed E-state index contributed by atoms with van der Waals surface area (Å²) in [6, 6.07) is 0.453. The standard InChI is InChI=1S/C28H30F2N8O6S/c1-2-43-17-5-3-16(4-6-17)38-12-20(25(36-38)24-18(29)7-8-22(30)35-24)33-26(40)21-13-45-27(34-21)15-10-32-37(11-15)14-44-23(39)9-19(31)28(41)42/h7-8,10-13,16-17,19H,2-6,9,14,31H2,1H3,(H,33,40)(H,41,42)/t16-,17-,19-/m0/s1. The van der Waals surface area contributed by atoms with E-state index in [0.29, 0.717) is 17.2 Å². The molecule has 1 aliphatic carbocycles. The summed E-state index contributed by atoms with van der Waals surface area (Å²) in [5.74, 6) is -4.41. The Labute approximate surface area is 259 Å². The van der Waals surface area contributed by atoms with Crippen LogP contribution in [0.4, 0.5) is 14.5 Å². The fourth-order valence-corrected chi connectivity index (χ4v) is 5.62. The van der Waals surface area contributed by atoms with E-state index in [0.717, 1.165) is 49.2 Å². The zero-order chi connectivity index (χ0) is 32.1. The molecule has 0 saturated heterocycles. The molecule has 17 heteroatoms. The molecule has 0 aromatic carbocycles. The minimum absolute atomic E-state index is 0.0112. The van der Waals surface area contributed by atoms with Crippen LogP contribution in [0.15, 0.2) is 36.1 Å². The number of hydrogen-bond donors (Lipinski definition) is 3. The molecular weight excluding hydrogens is 614 g/mol. The van der Waals surface area contributed by atoms with Crippen molar-refractivity contribution in [2.75, 3.05) is 11.9 Å². The van der Waals surface area contributed by atoms with Crippen LogP contribution in [0.3, 0.4) is 0 Å². The highest BCUT2D eigenvalue weighted by molar-refractivity contribution is 7.13. The number of aromatic nitrogens is 6. The van der Waals surface area contributed by atoms with Crippen molar-refractivity contribution in [3.8, 4) is 22.0 Å². The smallest absolute Gasteiger partial charge is 0.321 e. The van der Waals surface area contributed by atoms with Gasteiger partial charge in [-0.3, -0.25) is 19.1 Å². The van der Waals surface area contributed by atoms with Gasteiger partial charge in [0.15, 0.2) is 12.5 Å². The predicted molar refractivity (Wildman–Crippen MR) is 156 cm³/mol. The zero-order valence-electron chi connectivity index (χ0n) is 24.1. The number of carboxylic acid groups (broad SMARTS) is 1. The number of carbonyl (C=O) groups excluding carboxylic acids is 2. The normalized spacial score (nSPS) is 17.2. The van der Waals surface area contributed by atoms with E-state index >= 15 is 0 Å². The molecular formula is C28H30F2N8O6S. The van der Waals surface area contributed by atoms with Crippen LogP contribution in [0.25, 0.3) is 22.0 Å². The van der Waals surface area contributed by atoms with Crippen molar-refractivity contribution in [2.45, 2.75) is 63.9 Å². The number of aliphatic carboxylic acids is 1. The Morgan fingerprint density at radius 3 is 2.67 bits per heavy atom. The Morgan fingerprint density at radius 1 is 1.16 bits per heavy atom. The average molecular weight is 645 g/mol. The maximum absolute atomic E-state index is 14.8. The Bertz CT molecular complexity index is 1680. The van der Waals surface area contributed by atoms with Gasteiger partial charge in [-0.25, -0.2) is 19.0 Å². The van der Waals surface area contributed by atoms with E-state index in [-0.39, 0.29) is 41.6 Å². The highest BCUT2D eigenvalue weighted by Gasteiger charge is 2.27. The van der Waals surface area contributed by atoms with Gasteiger partial charge in [0.05, 0.1) is 30.5 Å². The number of nitrogens with zero attached hydrogens (tertiary/aromatic N) is 6. The lowest BCUT2D eigenvalue weighted by atomic mass is 9.93. The number of halogens is 2. The minimum Gasteiger partial charge on any atom is -0.480 e. The first-order valence-electron chi connectivity index (χ1n) is 14.1. The van der Waals surface area contributed by atoms with E-state index in [4.69, 9.17) is 20.3 Å². The molecule has 4 aromatic rings. The highest BCUT2D eigenvalue weighted by Crippen LogP contribution is 2.34. The fraction of sp³-hybridized carbons (Fsp3) is 0.393. The van der Waals surface area contributed by atoms with E-state index in [1.54, 1.807) is 10.9 Å². The molecule has 4 aromatic heterocycles. The Morgan fingerprint density at radius 2 is 1.93 bits per heavy atom. The molecule has 45 heavy (non-hydrogen) atoms. The summed E-state index contributed by atoms with van der Waals surface area (Å²) in [6.07, 6.45) is 7.41. The van der Waals surface area contributed by atoms with Crippen molar-refractivity contribution in [1.82, 2.24) is 29.5 Å². The van der Waals surface area contributed by atoms with Crippen LogP contribution in [-0.2, 0) is 25.8 Å². The lowest BCUT2D eigenvalue weighted by Gasteiger charge is -2.28. The number of amides is 1. The SMILES string of the molecule is CCO[C@H]1CC[C@H](n2cc(NC(=O)c3csc(-c4cnn(COC(=O)C[C@H](N)C(=O)O)c4)n3)c(-c3nc(F)ccc3F)n2)CC1. The molecule has 14 nitrogen and oxygen atoms in total. The van der Waals surface area contributed by atoms with Gasteiger partial charge in [0.1, 0.15) is 28.1 Å². The van der Waals surface area contributed by atoms with E-state index in [2.05, 4.69) is 25.5 Å². The number of carboxylic acids is 1. The maximum atomic E-state index is 14.8. The molecule has 1 atom stereocenters. The van der Waals surface area contributed by atoms with Crippen LogP contribution in [0, 0.1) is 11.8 Å². The number of thiazole rings is 1. The molecule has 0 bridgehead atoms. The van der Waals surface area contributed by atoms with Crippen molar-refractivity contribution < 1.29 is 37.7 Å². The quantitative estimate of drug-likeness (QED) is 0.151. The number of carbonyl (C=O) groups is 3. The first-order valence-corrected chi connectivity index (χ1v) is 15.0. The topological polar surface area (TPSA) is 189 Å². The van der Waals surface area contributed by atoms with Gasteiger partial charge in [0, 0.05) is 29.9 Å². The third-order valence-corrected chi connectivity index (χ3v) is 8.01. The van der Waals surface area contributed by atoms with Crippen molar-refractivity contribution in [1.29, 1.82) is 0 Å². The zero-order valence-corrected chi connectivity index (χ0v) is 24.9. The molecule has 0 radical (unpaired) electrons. The van der Waals surface area contributed by atoms with Gasteiger partial charge < -0.3 is 25.6 Å². The number of pyridine rings is 1. The number of anilines is 1. The molecule has 1 fully saturated rings. The summed E-state index contributed by atoms with van der Waals surface area (Å²) in [6.45, 7) is 2.29. The second-order valence-corrected chi connectivity index (χ2v) is 11.1. The van der Waals surface area contributed by atoms with E-state index < -0.39 is 42.1 Å². The summed E-state index contributed by atoms with van der Waals surface area (Å²) in [4.78, 5) is 43.9. The minimum atomic E-state index is -1.37. The van der Waals surface area contributed by atoms with Gasteiger partial charge >= 0.3 is 11.9 Å². The Hall–Kier alpha value is -4.61. The van der Waals surface area contributed by atoms with Gasteiger partial charge in [-0.15, -0.1) is 11.3 Å². The third-order valence-electron chi connectivity index (χ3n) is 7.12. The van der Waals surface area contributed by atoms with E-state index in [1.165, 1.54) is 22.5 Å². The van der Waals surface area contributed by atoms with Crippen LogP contribution >= 0.6 is 11.3 Å². The van der Waals surface area contributed by atoms with Crippen molar-refractivity contribution in [2.24, 2.45) is 5.73 Å². The largest absolute Gasteiger partial charge is 0.480 e. The molecule has 4 heterocycles. The third kappa shape index (κ3) is 7.73. The lowest BCUT2D eigenvalue weighted by molar-refractivity contribution is -0.152. The number of ether oxygens (including phenoxy) is 2. The molecule has 238 valence electrons. The van der Waals surface area contributed by atoms with Gasteiger partial charge in [-0.1, -0.05) is 0 Å². The van der Waals surface area contributed by atoms with Crippen molar-refractivity contribution in [3.63, 3.8) is 0 Å². The van der Waals surface area contributed by atoms with Gasteiger partial charge in [-0.2, -0.15) is 14.6 Å². The number of rotatable bonds is 12. The average Bonchev–Trinajstić information content (AvgIpc) is 3.78. The van der Waals surface area contributed by atoms with Gasteiger partial charge in [-0.05, 0) is 44.7 Å². The lowest BCUT2D eigenvalue weighted by Crippen LogP contribution is -2.33. The maximum Gasteiger partial charge on any atom is 0.321 e. The van der Waals surface area contributed by atoms with Gasteiger partial charge in [0.2, 0.25) is 5.95 Å². The Kier molecular flexibility index (Phi) is 9.90. The summed E-state index contributed by atoms with van der Waals surface area (Å²) in [7, 11) is 0. The number of nitrogens with two attached hydrogens (primary N) is 1. The Balaban J connectivity index is 1.30. The molecule has 0 spiro atoms. The molecule has 1 saturated carbocycles.